The molecule has 1 saturated heterocycles. The summed E-state index contributed by atoms with van der Waals surface area (Å²) in [5.41, 5.74) is 2.28. The first kappa shape index (κ1) is 25.2. The maximum atomic E-state index is 14.1. The van der Waals surface area contributed by atoms with Gasteiger partial charge in [-0.25, -0.2) is 17.8 Å². The van der Waals surface area contributed by atoms with Crippen molar-refractivity contribution in [3.8, 4) is 5.75 Å². The van der Waals surface area contributed by atoms with E-state index in [1.807, 2.05) is 25.1 Å². The smallest absolute Gasteiger partial charge is 0.247 e. The number of ether oxygens (including phenoxy) is 1. The second-order valence-corrected chi connectivity index (χ2v) is 11.6. The van der Waals surface area contributed by atoms with Gasteiger partial charge in [-0.2, -0.15) is 4.31 Å². The highest BCUT2D eigenvalue weighted by Gasteiger charge is 2.42. The van der Waals surface area contributed by atoms with Crippen molar-refractivity contribution in [2.45, 2.75) is 37.2 Å². The molecular formula is C26H25FN4O4S2. The zero-order valence-electron chi connectivity index (χ0n) is 20.3. The number of nitrogens with zero attached hydrogens (tertiary/aromatic N) is 4. The summed E-state index contributed by atoms with van der Waals surface area (Å²) in [6, 6.07) is 12.9. The molecule has 0 bridgehead atoms. The fourth-order valence-corrected chi connectivity index (χ4v) is 7.18. The standard InChI is InChI=1S/C26H25FN4O4S2/c1-17-8-13-22(35-2)23-24(17)36-26(29-23)30(16-19-6-3-4-14-28-19)25(32)21-7-5-15-31(21)37(33,34)20-11-9-18(27)10-12-20/h3-4,6,8-14,21H,5,7,15-16H2,1-2H3. The number of aromatic nitrogens is 2. The van der Waals surface area contributed by atoms with Crippen LogP contribution in [0.15, 0.2) is 65.7 Å². The van der Waals surface area contributed by atoms with Crippen molar-refractivity contribution >= 4 is 42.6 Å². The Hall–Kier alpha value is -3.41. The van der Waals surface area contributed by atoms with Gasteiger partial charge in [0, 0.05) is 12.7 Å². The van der Waals surface area contributed by atoms with Gasteiger partial charge in [-0.05, 0) is 67.8 Å². The molecule has 0 aliphatic carbocycles. The molecule has 5 rings (SSSR count). The quantitative estimate of drug-likeness (QED) is 0.342. The predicted octanol–water partition coefficient (Wildman–Crippen LogP) is 4.53. The number of fused-ring (bicyclic) bond motifs is 1. The highest BCUT2D eigenvalue weighted by Crippen LogP contribution is 2.38. The molecule has 192 valence electrons. The second-order valence-electron chi connectivity index (χ2n) is 8.73. The number of carbonyl (C=O) groups excluding carboxylic acids is 1. The summed E-state index contributed by atoms with van der Waals surface area (Å²) >= 11 is 1.35. The Labute approximate surface area is 218 Å². The van der Waals surface area contributed by atoms with Gasteiger partial charge in [0.05, 0.1) is 28.9 Å². The summed E-state index contributed by atoms with van der Waals surface area (Å²) in [7, 11) is -2.45. The molecule has 0 radical (unpaired) electrons. The van der Waals surface area contributed by atoms with Crippen molar-refractivity contribution in [2.24, 2.45) is 0 Å². The van der Waals surface area contributed by atoms with Gasteiger partial charge >= 0.3 is 0 Å². The van der Waals surface area contributed by atoms with Gasteiger partial charge in [0.25, 0.3) is 0 Å². The Balaban J connectivity index is 1.55. The van der Waals surface area contributed by atoms with Crippen molar-refractivity contribution in [1.82, 2.24) is 14.3 Å². The first-order chi connectivity index (χ1) is 17.8. The Morgan fingerprint density at radius 3 is 2.68 bits per heavy atom. The number of pyridine rings is 1. The van der Waals surface area contributed by atoms with Gasteiger partial charge in [0.1, 0.15) is 23.1 Å². The van der Waals surface area contributed by atoms with E-state index >= 15 is 0 Å². The third-order valence-electron chi connectivity index (χ3n) is 6.36. The van der Waals surface area contributed by atoms with Crippen molar-refractivity contribution < 1.29 is 22.3 Å². The van der Waals surface area contributed by atoms with Gasteiger partial charge in [-0.1, -0.05) is 23.5 Å². The highest BCUT2D eigenvalue weighted by molar-refractivity contribution is 7.89. The van der Waals surface area contributed by atoms with E-state index in [0.717, 1.165) is 22.4 Å². The molecular weight excluding hydrogens is 515 g/mol. The number of thiazole rings is 1. The van der Waals surface area contributed by atoms with E-state index < -0.39 is 21.9 Å². The van der Waals surface area contributed by atoms with E-state index in [0.29, 0.717) is 34.9 Å². The molecule has 37 heavy (non-hydrogen) atoms. The number of hydrogen-bond acceptors (Lipinski definition) is 7. The number of halogens is 1. The van der Waals surface area contributed by atoms with Crippen molar-refractivity contribution in [2.75, 3.05) is 18.6 Å². The third kappa shape index (κ3) is 4.81. The molecule has 0 saturated carbocycles. The van der Waals surface area contributed by atoms with Gasteiger partial charge in [-0.3, -0.25) is 14.7 Å². The van der Waals surface area contributed by atoms with Crippen LogP contribution in [-0.2, 0) is 21.4 Å². The topological polar surface area (TPSA) is 92.7 Å². The summed E-state index contributed by atoms with van der Waals surface area (Å²) in [6.07, 6.45) is 2.54. The fourth-order valence-electron chi connectivity index (χ4n) is 4.47. The van der Waals surface area contributed by atoms with E-state index in [-0.39, 0.29) is 23.9 Å². The van der Waals surface area contributed by atoms with Gasteiger partial charge in [0.15, 0.2) is 5.13 Å². The minimum Gasteiger partial charge on any atom is -0.494 e. The number of sulfonamides is 1. The fraction of sp³-hybridized carbons (Fsp3) is 0.269. The molecule has 8 nitrogen and oxygen atoms in total. The summed E-state index contributed by atoms with van der Waals surface area (Å²) in [4.78, 5) is 24.7. The zero-order valence-corrected chi connectivity index (χ0v) is 21.9. The van der Waals surface area contributed by atoms with Crippen molar-refractivity contribution in [3.05, 3.63) is 77.9 Å². The van der Waals surface area contributed by atoms with Crippen LogP contribution < -0.4 is 9.64 Å². The number of anilines is 1. The molecule has 1 fully saturated rings. The van der Waals surface area contributed by atoms with Crippen LogP contribution in [0.3, 0.4) is 0 Å². The molecule has 0 spiro atoms. The van der Waals surface area contributed by atoms with E-state index in [2.05, 4.69) is 4.98 Å². The van der Waals surface area contributed by atoms with Crippen LogP contribution in [0.25, 0.3) is 10.2 Å². The molecule has 1 atom stereocenters. The molecule has 1 unspecified atom stereocenters. The minimum atomic E-state index is -4.01. The van der Waals surface area contributed by atoms with Crippen LogP contribution >= 0.6 is 11.3 Å². The lowest BCUT2D eigenvalue weighted by molar-refractivity contribution is -0.121. The Bertz CT molecular complexity index is 1540. The number of aryl methyl sites for hydroxylation is 1. The van der Waals surface area contributed by atoms with E-state index in [1.165, 1.54) is 32.7 Å². The lowest BCUT2D eigenvalue weighted by atomic mass is 10.2. The monoisotopic (exact) mass is 540 g/mol. The van der Waals surface area contributed by atoms with Crippen LogP contribution in [-0.4, -0.2) is 48.3 Å². The van der Waals surface area contributed by atoms with Crippen LogP contribution in [0.2, 0.25) is 0 Å². The number of amides is 1. The molecule has 0 N–H and O–H groups in total. The number of rotatable bonds is 7. The lowest BCUT2D eigenvalue weighted by Gasteiger charge is -2.28. The van der Waals surface area contributed by atoms with Crippen molar-refractivity contribution in [3.63, 3.8) is 0 Å². The van der Waals surface area contributed by atoms with E-state index in [4.69, 9.17) is 9.72 Å². The molecule has 11 heteroatoms. The van der Waals surface area contributed by atoms with Crippen LogP contribution in [0, 0.1) is 12.7 Å². The largest absolute Gasteiger partial charge is 0.494 e. The molecule has 4 aromatic rings. The minimum absolute atomic E-state index is 0.0507. The van der Waals surface area contributed by atoms with Crippen LogP contribution in [0.5, 0.6) is 5.75 Å². The molecule has 1 aliphatic heterocycles. The number of hydrogen-bond donors (Lipinski definition) is 0. The number of methoxy groups -OCH3 is 1. The summed E-state index contributed by atoms with van der Waals surface area (Å²) in [5, 5.41) is 0.435. The number of benzene rings is 2. The van der Waals surface area contributed by atoms with Crippen LogP contribution in [0.4, 0.5) is 9.52 Å². The van der Waals surface area contributed by atoms with E-state index in [9.17, 15) is 17.6 Å². The first-order valence-corrected chi connectivity index (χ1v) is 14.0. The predicted molar refractivity (Wildman–Crippen MR) is 140 cm³/mol. The van der Waals surface area contributed by atoms with Crippen molar-refractivity contribution in [1.29, 1.82) is 0 Å². The molecule has 1 amide bonds. The van der Waals surface area contributed by atoms with Crippen LogP contribution in [0.1, 0.15) is 24.1 Å². The van der Waals surface area contributed by atoms with E-state index in [1.54, 1.807) is 25.4 Å². The van der Waals surface area contributed by atoms with Gasteiger partial charge < -0.3 is 4.74 Å². The lowest BCUT2D eigenvalue weighted by Crippen LogP contribution is -2.47. The average molecular weight is 541 g/mol. The zero-order chi connectivity index (χ0) is 26.2. The summed E-state index contributed by atoms with van der Waals surface area (Å²) < 4.78 is 47.9. The van der Waals surface area contributed by atoms with Gasteiger partial charge in [-0.15, -0.1) is 0 Å². The molecule has 1 aliphatic rings. The summed E-state index contributed by atoms with van der Waals surface area (Å²) in [6.45, 7) is 2.28. The average Bonchev–Trinajstić information content (AvgIpc) is 3.57. The van der Waals surface area contributed by atoms with Gasteiger partial charge in [0.2, 0.25) is 15.9 Å². The molecule has 2 aromatic heterocycles. The second kappa shape index (κ2) is 10.2. The Morgan fingerprint density at radius 2 is 1.97 bits per heavy atom. The highest BCUT2D eigenvalue weighted by atomic mass is 32.2. The Kier molecular flexibility index (Phi) is 6.93. The molecule has 3 heterocycles. The maximum absolute atomic E-state index is 14.1. The summed E-state index contributed by atoms with van der Waals surface area (Å²) in [5.74, 6) is -0.324. The first-order valence-electron chi connectivity index (χ1n) is 11.7. The molecule has 2 aromatic carbocycles. The SMILES string of the molecule is COc1ccc(C)c2sc(N(Cc3ccccn3)C(=O)C3CCCN3S(=O)(=O)c3ccc(F)cc3)nc12. The third-order valence-corrected chi connectivity index (χ3v) is 9.50. The maximum Gasteiger partial charge on any atom is 0.247 e. The normalized spacial score (nSPS) is 16.2. The number of carbonyl (C=O) groups is 1. The Morgan fingerprint density at radius 1 is 1.19 bits per heavy atom.